The van der Waals surface area contributed by atoms with E-state index in [1.807, 2.05) is 43.3 Å². The second-order valence-corrected chi connectivity index (χ2v) is 4.23. The first-order chi connectivity index (χ1) is 9.24. The van der Waals surface area contributed by atoms with Crippen molar-refractivity contribution < 1.29 is 4.74 Å². The summed E-state index contributed by atoms with van der Waals surface area (Å²) in [5, 5.41) is 0. The lowest BCUT2D eigenvalue weighted by Gasteiger charge is -2.12. The summed E-state index contributed by atoms with van der Waals surface area (Å²) < 4.78 is 5.78. The molecule has 2 nitrogen and oxygen atoms in total. The van der Waals surface area contributed by atoms with Crippen LogP contribution in [0.2, 0.25) is 0 Å². The molecule has 1 heterocycles. The standard InChI is InChI=1S/C17H17NO/c1-4-16-14(11-13(3)18-17(16)5-2)12-19-15-9-7-6-8-10-15/h4-11H,1-2,12H2,3H3. The third-order valence-electron chi connectivity index (χ3n) is 2.84. The Morgan fingerprint density at radius 3 is 2.53 bits per heavy atom. The van der Waals surface area contributed by atoms with Crippen LogP contribution >= 0.6 is 0 Å². The third-order valence-corrected chi connectivity index (χ3v) is 2.84. The Hall–Kier alpha value is -2.35. The van der Waals surface area contributed by atoms with Crippen LogP contribution < -0.4 is 4.74 Å². The number of hydrogen-bond donors (Lipinski definition) is 0. The van der Waals surface area contributed by atoms with Crippen LogP contribution in [0.25, 0.3) is 12.2 Å². The maximum absolute atomic E-state index is 5.78. The van der Waals surface area contributed by atoms with E-state index in [0.29, 0.717) is 6.61 Å². The van der Waals surface area contributed by atoms with Crippen LogP contribution in [0.5, 0.6) is 5.75 Å². The van der Waals surface area contributed by atoms with Crippen molar-refractivity contribution in [2.24, 2.45) is 0 Å². The quantitative estimate of drug-likeness (QED) is 0.792. The molecular weight excluding hydrogens is 234 g/mol. The van der Waals surface area contributed by atoms with Crippen LogP contribution in [0.1, 0.15) is 22.5 Å². The number of pyridine rings is 1. The molecule has 0 amide bonds. The van der Waals surface area contributed by atoms with Gasteiger partial charge in [-0.15, -0.1) is 0 Å². The topological polar surface area (TPSA) is 22.1 Å². The molecule has 0 saturated heterocycles. The Morgan fingerprint density at radius 1 is 1.16 bits per heavy atom. The van der Waals surface area contributed by atoms with Gasteiger partial charge in [0.05, 0.1) is 5.69 Å². The molecule has 2 heteroatoms. The summed E-state index contributed by atoms with van der Waals surface area (Å²) >= 11 is 0. The van der Waals surface area contributed by atoms with Crippen LogP contribution in [0.15, 0.2) is 49.6 Å². The second kappa shape index (κ2) is 6.01. The van der Waals surface area contributed by atoms with Gasteiger partial charge in [-0.25, -0.2) is 0 Å². The van der Waals surface area contributed by atoms with Gasteiger partial charge in [0.2, 0.25) is 0 Å². The van der Waals surface area contributed by atoms with Gasteiger partial charge in [-0.3, -0.25) is 4.98 Å². The second-order valence-electron chi connectivity index (χ2n) is 4.23. The van der Waals surface area contributed by atoms with Crippen molar-refractivity contribution in [3.8, 4) is 5.75 Å². The molecule has 0 radical (unpaired) electrons. The van der Waals surface area contributed by atoms with Crippen molar-refractivity contribution in [1.29, 1.82) is 0 Å². The summed E-state index contributed by atoms with van der Waals surface area (Å²) in [5.41, 5.74) is 3.85. The first-order valence-electron chi connectivity index (χ1n) is 6.18. The Balaban J connectivity index is 2.27. The van der Waals surface area contributed by atoms with Crippen molar-refractivity contribution in [3.63, 3.8) is 0 Å². The minimum absolute atomic E-state index is 0.496. The van der Waals surface area contributed by atoms with Crippen molar-refractivity contribution >= 4 is 12.2 Å². The van der Waals surface area contributed by atoms with Crippen molar-refractivity contribution in [2.75, 3.05) is 0 Å². The van der Waals surface area contributed by atoms with Gasteiger partial charge in [0.25, 0.3) is 0 Å². The molecule has 0 saturated carbocycles. The fourth-order valence-corrected chi connectivity index (χ4v) is 1.97. The maximum atomic E-state index is 5.78. The summed E-state index contributed by atoms with van der Waals surface area (Å²) in [6.07, 6.45) is 3.54. The molecule has 0 bridgehead atoms. The summed E-state index contributed by atoms with van der Waals surface area (Å²) in [6.45, 7) is 10.1. The fraction of sp³-hybridized carbons (Fsp3) is 0.118. The molecule has 0 unspecified atom stereocenters. The molecule has 1 aromatic heterocycles. The number of rotatable bonds is 5. The van der Waals surface area contributed by atoms with Gasteiger partial charge in [0.1, 0.15) is 12.4 Å². The van der Waals surface area contributed by atoms with E-state index in [4.69, 9.17) is 4.74 Å². The van der Waals surface area contributed by atoms with Crippen LogP contribution in [0.3, 0.4) is 0 Å². The van der Waals surface area contributed by atoms with E-state index in [-0.39, 0.29) is 0 Å². The van der Waals surface area contributed by atoms with E-state index in [1.54, 1.807) is 12.2 Å². The molecule has 96 valence electrons. The van der Waals surface area contributed by atoms with Crippen LogP contribution in [0, 0.1) is 6.92 Å². The van der Waals surface area contributed by atoms with Crippen LogP contribution in [-0.4, -0.2) is 4.98 Å². The Labute approximate surface area is 114 Å². The fourth-order valence-electron chi connectivity index (χ4n) is 1.97. The Kier molecular flexibility index (Phi) is 4.14. The Bertz CT molecular complexity index is 588. The first kappa shape index (κ1) is 13.1. The molecular formula is C17H17NO. The zero-order valence-electron chi connectivity index (χ0n) is 11.1. The van der Waals surface area contributed by atoms with Crippen LogP contribution in [0.4, 0.5) is 0 Å². The molecule has 0 atom stereocenters. The lowest BCUT2D eigenvalue weighted by atomic mass is 10.1. The molecule has 1 aromatic carbocycles. The summed E-state index contributed by atoms with van der Waals surface area (Å²) in [6, 6.07) is 11.8. The zero-order chi connectivity index (χ0) is 13.7. The minimum atomic E-state index is 0.496. The van der Waals surface area contributed by atoms with E-state index in [1.165, 1.54) is 0 Å². The molecule has 2 rings (SSSR count). The largest absolute Gasteiger partial charge is 0.489 e. The highest BCUT2D eigenvalue weighted by Gasteiger charge is 2.07. The monoisotopic (exact) mass is 251 g/mol. The van der Waals surface area contributed by atoms with Crippen molar-refractivity contribution in [3.05, 3.63) is 72.1 Å². The van der Waals surface area contributed by atoms with Gasteiger partial charge in [-0.1, -0.05) is 37.4 Å². The predicted octanol–water partition coefficient (Wildman–Crippen LogP) is 4.26. The van der Waals surface area contributed by atoms with Gasteiger partial charge >= 0.3 is 0 Å². The number of ether oxygens (including phenoxy) is 1. The minimum Gasteiger partial charge on any atom is -0.489 e. The number of nitrogens with zero attached hydrogens (tertiary/aromatic N) is 1. The van der Waals surface area contributed by atoms with Gasteiger partial charge in [-0.05, 0) is 31.2 Å². The third kappa shape index (κ3) is 3.10. The highest BCUT2D eigenvalue weighted by Crippen LogP contribution is 2.19. The summed E-state index contributed by atoms with van der Waals surface area (Å²) in [7, 11) is 0. The highest BCUT2D eigenvalue weighted by molar-refractivity contribution is 5.63. The Morgan fingerprint density at radius 2 is 1.89 bits per heavy atom. The smallest absolute Gasteiger partial charge is 0.119 e. The predicted molar refractivity (Wildman–Crippen MR) is 79.9 cm³/mol. The van der Waals surface area contributed by atoms with Crippen molar-refractivity contribution in [2.45, 2.75) is 13.5 Å². The lowest BCUT2D eigenvalue weighted by molar-refractivity contribution is 0.305. The molecule has 0 aliphatic rings. The van der Waals surface area contributed by atoms with E-state index in [2.05, 4.69) is 18.1 Å². The molecule has 0 aliphatic heterocycles. The average molecular weight is 251 g/mol. The molecule has 0 aliphatic carbocycles. The number of aromatic nitrogens is 1. The van der Waals surface area contributed by atoms with Gasteiger partial charge in [-0.2, -0.15) is 0 Å². The number of aryl methyl sites for hydroxylation is 1. The SMILES string of the molecule is C=Cc1nc(C)cc(COc2ccccc2)c1C=C. The van der Waals surface area contributed by atoms with Gasteiger partial charge in [0, 0.05) is 16.8 Å². The average Bonchev–Trinajstić information content (AvgIpc) is 2.45. The van der Waals surface area contributed by atoms with E-state index >= 15 is 0 Å². The zero-order valence-corrected chi connectivity index (χ0v) is 11.1. The van der Waals surface area contributed by atoms with Gasteiger partial charge < -0.3 is 4.74 Å². The number of benzene rings is 1. The van der Waals surface area contributed by atoms with E-state index in [0.717, 1.165) is 28.3 Å². The lowest BCUT2D eigenvalue weighted by Crippen LogP contribution is -2.02. The molecule has 0 spiro atoms. The van der Waals surface area contributed by atoms with Gasteiger partial charge in [0.15, 0.2) is 0 Å². The van der Waals surface area contributed by atoms with E-state index in [9.17, 15) is 0 Å². The summed E-state index contributed by atoms with van der Waals surface area (Å²) in [4.78, 5) is 4.43. The normalized spacial score (nSPS) is 9.95. The molecule has 0 N–H and O–H groups in total. The molecule has 0 fully saturated rings. The van der Waals surface area contributed by atoms with E-state index < -0.39 is 0 Å². The number of hydrogen-bond acceptors (Lipinski definition) is 2. The maximum Gasteiger partial charge on any atom is 0.119 e. The first-order valence-corrected chi connectivity index (χ1v) is 6.18. The highest BCUT2D eigenvalue weighted by atomic mass is 16.5. The summed E-state index contributed by atoms with van der Waals surface area (Å²) in [5.74, 6) is 0.854. The molecule has 2 aromatic rings. The van der Waals surface area contributed by atoms with Crippen LogP contribution in [-0.2, 0) is 6.61 Å². The number of para-hydroxylation sites is 1. The molecule has 19 heavy (non-hydrogen) atoms. The van der Waals surface area contributed by atoms with Crippen molar-refractivity contribution in [1.82, 2.24) is 4.98 Å².